The normalized spacial score (nSPS) is 12.6. The summed E-state index contributed by atoms with van der Waals surface area (Å²) in [5.41, 5.74) is 0. The van der Waals surface area contributed by atoms with Crippen molar-refractivity contribution in [2.24, 2.45) is 0 Å². The minimum Gasteiger partial charge on any atom is -0.466 e. The lowest BCUT2D eigenvalue weighted by Gasteiger charge is -2.22. The maximum absolute atomic E-state index is 12.4. The molecule has 0 bridgehead atoms. The van der Waals surface area contributed by atoms with E-state index in [0.717, 1.165) is 38.5 Å². The van der Waals surface area contributed by atoms with Crippen LogP contribution in [0, 0.1) is 0 Å². The molecule has 0 aliphatic carbocycles. The van der Waals surface area contributed by atoms with Crippen molar-refractivity contribution >= 4 is 11.9 Å². The summed E-state index contributed by atoms with van der Waals surface area (Å²) in [7, 11) is 0. The summed E-state index contributed by atoms with van der Waals surface area (Å²) >= 11 is 0. The van der Waals surface area contributed by atoms with Crippen LogP contribution < -0.4 is 5.32 Å². The molecule has 0 saturated carbocycles. The van der Waals surface area contributed by atoms with Crippen molar-refractivity contribution in [2.45, 2.75) is 302 Å². The number of aliphatic hydroxyl groups is 2. The van der Waals surface area contributed by atoms with Crippen molar-refractivity contribution in [1.29, 1.82) is 0 Å². The number of hydrogen-bond acceptors (Lipinski definition) is 5. The molecular weight excluding hydrogens is 707 g/mol. The summed E-state index contributed by atoms with van der Waals surface area (Å²) in [5.74, 6) is -0.0337. The first-order valence-electron chi connectivity index (χ1n) is 25.8. The Kier molecular flexibility index (Phi) is 46.6. The van der Waals surface area contributed by atoms with Gasteiger partial charge >= 0.3 is 5.97 Å². The molecule has 0 aromatic carbocycles. The average Bonchev–Trinajstić information content (AvgIpc) is 3.21. The number of aliphatic hydroxyl groups excluding tert-OH is 2. The van der Waals surface area contributed by atoms with Crippen LogP contribution in [-0.4, -0.2) is 47.4 Å². The maximum atomic E-state index is 12.4. The minimum atomic E-state index is -0.664. The van der Waals surface area contributed by atoms with Gasteiger partial charge in [0.15, 0.2) is 0 Å². The van der Waals surface area contributed by atoms with Gasteiger partial charge in [0.1, 0.15) is 0 Å². The van der Waals surface area contributed by atoms with Crippen LogP contribution in [0.25, 0.3) is 0 Å². The van der Waals surface area contributed by atoms with Crippen LogP contribution in [0.5, 0.6) is 0 Å². The van der Waals surface area contributed by atoms with Crippen molar-refractivity contribution in [1.82, 2.24) is 5.32 Å². The molecule has 2 unspecified atom stereocenters. The van der Waals surface area contributed by atoms with Gasteiger partial charge < -0.3 is 20.3 Å². The topological polar surface area (TPSA) is 95.9 Å². The van der Waals surface area contributed by atoms with E-state index in [1.54, 1.807) is 0 Å². The molecule has 0 aliphatic rings. The zero-order chi connectivity index (χ0) is 41.5. The number of carbonyl (C=O) groups excluding carboxylic acids is 2. The second-order valence-corrected chi connectivity index (χ2v) is 17.9. The number of unbranched alkanes of at least 4 members (excludes halogenated alkanes) is 37. The van der Waals surface area contributed by atoms with E-state index in [1.807, 2.05) is 0 Å². The highest BCUT2D eigenvalue weighted by Crippen LogP contribution is 2.17. The van der Waals surface area contributed by atoms with Gasteiger partial charge in [-0.15, -0.1) is 0 Å². The largest absolute Gasteiger partial charge is 0.466 e. The fraction of sp³-hybridized carbons (Fsp3) is 0.961. The average molecular weight is 808 g/mol. The Morgan fingerprint density at radius 2 is 0.719 bits per heavy atom. The Balaban J connectivity index is 3.38. The van der Waals surface area contributed by atoms with Gasteiger partial charge in [0.25, 0.3) is 0 Å². The molecule has 2 atom stereocenters. The third kappa shape index (κ3) is 44.2. The Morgan fingerprint density at radius 3 is 1.07 bits per heavy atom. The Labute approximate surface area is 356 Å². The molecule has 0 heterocycles. The molecule has 0 aromatic rings. The summed E-state index contributed by atoms with van der Waals surface area (Å²) < 4.78 is 5.46. The van der Waals surface area contributed by atoms with Gasteiger partial charge in [0.05, 0.1) is 25.4 Å². The van der Waals surface area contributed by atoms with Gasteiger partial charge in [-0.1, -0.05) is 251 Å². The molecule has 0 radical (unpaired) electrons. The molecule has 6 heteroatoms. The van der Waals surface area contributed by atoms with Gasteiger partial charge in [-0.3, -0.25) is 9.59 Å². The number of esters is 1. The highest BCUT2D eigenvalue weighted by atomic mass is 16.5. The van der Waals surface area contributed by atoms with Crippen molar-refractivity contribution in [3.8, 4) is 0 Å². The molecule has 0 fully saturated rings. The van der Waals surface area contributed by atoms with Crippen molar-refractivity contribution < 1.29 is 24.5 Å². The van der Waals surface area contributed by atoms with Crippen molar-refractivity contribution in [2.75, 3.05) is 13.2 Å². The van der Waals surface area contributed by atoms with Gasteiger partial charge in [0.2, 0.25) is 5.91 Å². The van der Waals surface area contributed by atoms with Crippen LogP contribution in [0.15, 0.2) is 0 Å². The molecular formula is C51H101NO5. The molecule has 0 aromatic heterocycles. The van der Waals surface area contributed by atoms with E-state index in [0.29, 0.717) is 25.9 Å². The summed E-state index contributed by atoms with van der Waals surface area (Å²) in [6.45, 7) is 4.94. The predicted octanol–water partition coefficient (Wildman–Crippen LogP) is 15.2. The monoisotopic (exact) mass is 808 g/mol. The van der Waals surface area contributed by atoms with E-state index in [2.05, 4.69) is 19.2 Å². The van der Waals surface area contributed by atoms with Crippen LogP contribution in [0.4, 0.5) is 0 Å². The predicted molar refractivity (Wildman–Crippen MR) is 246 cm³/mol. The summed E-state index contributed by atoms with van der Waals surface area (Å²) in [4.78, 5) is 24.4. The Morgan fingerprint density at radius 1 is 0.421 bits per heavy atom. The first-order valence-corrected chi connectivity index (χ1v) is 25.8. The second kappa shape index (κ2) is 47.5. The van der Waals surface area contributed by atoms with Gasteiger partial charge in [0, 0.05) is 12.8 Å². The first-order chi connectivity index (χ1) is 28.0. The lowest BCUT2D eigenvalue weighted by atomic mass is 10.0. The maximum Gasteiger partial charge on any atom is 0.305 e. The molecule has 6 nitrogen and oxygen atoms in total. The molecule has 0 aliphatic heterocycles. The van der Waals surface area contributed by atoms with E-state index < -0.39 is 12.1 Å². The molecule has 57 heavy (non-hydrogen) atoms. The fourth-order valence-electron chi connectivity index (χ4n) is 8.17. The molecule has 0 saturated heterocycles. The summed E-state index contributed by atoms with van der Waals surface area (Å²) in [6.07, 6.45) is 52.2. The van der Waals surface area contributed by atoms with Crippen LogP contribution >= 0.6 is 0 Å². The van der Waals surface area contributed by atoms with Crippen LogP contribution in [-0.2, 0) is 14.3 Å². The number of amides is 1. The molecule has 3 N–H and O–H groups in total. The standard InChI is InChI=1S/C51H101NO5/c1-3-5-7-9-11-13-15-21-25-29-33-37-41-45-51(56)57-46-42-38-34-30-26-23-20-18-16-17-19-22-24-28-32-36-40-44-50(55)52-48(47-53)49(54)43-39-35-31-27-14-12-10-8-6-4-2/h48-49,53-54H,3-47H2,1-2H3,(H,52,55). The van der Waals surface area contributed by atoms with Crippen LogP contribution in [0.2, 0.25) is 0 Å². The zero-order valence-corrected chi connectivity index (χ0v) is 38.6. The third-order valence-corrected chi connectivity index (χ3v) is 12.2. The summed E-state index contributed by atoms with van der Waals surface area (Å²) in [5, 5.41) is 23.1. The Bertz CT molecular complexity index is 806. The quantitative estimate of drug-likeness (QED) is 0.0420. The highest BCUT2D eigenvalue weighted by molar-refractivity contribution is 5.76. The van der Waals surface area contributed by atoms with Crippen LogP contribution in [0.3, 0.4) is 0 Å². The van der Waals surface area contributed by atoms with Gasteiger partial charge in [-0.2, -0.15) is 0 Å². The zero-order valence-electron chi connectivity index (χ0n) is 38.6. The van der Waals surface area contributed by atoms with Crippen molar-refractivity contribution in [3.63, 3.8) is 0 Å². The first kappa shape index (κ1) is 55.9. The van der Waals surface area contributed by atoms with Crippen LogP contribution in [0.1, 0.15) is 290 Å². The number of hydrogen-bond donors (Lipinski definition) is 3. The van der Waals surface area contributed by atoms with E-state index in [4.69, 9.17) is 4.74 Å². The second-order valence-electron chi connectivity index (χ2n) is 17.9. The minimum absolute atomic E-state index is 0.00714. The lowest BCUT2D eigenvalue weighted by molar-refractivity contribution is -0.143. The van der Waals surface area contributed by atoms with Crippen molar-refractivity contribution in [3.05, 3.63) is 0 Å². The lowest BCUT2D eigenvalue weighted by Crippen LogP contribution is -2.45. The molecule has 1 amide bonds. The molecule has 0 spiro atoms. The highest BCUT2D eigenvalue weighted by Gasteiger charge is 2.20. The van der Waals surface area contributed by atoms with E-state index in [1.165, 1.54) is 218 Å². The summed E-state index contributed by atoms with van der Waals surface area (Å²) in [6, 6.07) is -0.542. The van der Waals surface area contributed by atoms with Gasteiger partial charge in [-0.05, 0) is 25.7 Å². The molecule has 340 valence electrons. The SMILES string of the molecule is CCCCCCCCCCCCCCCC(=O)OCCCCCCCCCCCCCCCCCCCC(=O)NC(CO)C(O)CCCCCCCCCCCC. The van der Waals surface area contributed by atoms with E-state index in [9.17, 15) is 19.8 Å². The Hall–Kier alpha value is -1.14. The third-order valence-electron chi connectivity index (χ3n) is 12.2. The number of carbonyl (C=O) groups is 2. The molecule has 0 rings (SSSR count). The number of nitrogens with one attached hydrogen (secondary N) is 1. The number of rotatable bonds is 48. The smallest absolute Gasteiger partial charge is 0.305 e. The van der Waals surface area contributed by atoms with E-state index in [-0.39, 0.29) is 18.5 Å². The number of ether oxygens (including phenoxy) is 1. The van der Waals surface area contributed by atoms with Gasteiger partial charge in [-0.25, -0.2) is 0 Å². The fourth-order valence-corrected chi connectivity index (χ4v) is 8.17. The van der Waals surface area contributed by atoms with E-state index >= 15 is 0 Å².